The monoisotopic (exact) mass is 721 g/mol. The number of benzene rings is 1. The molecule has 1 aromatic rings. The summed E-state index contributed by atoms with van der Waals surface area (Å²) in [5, 5.41) is 0. The topological polar surface area (TPSA) is 146 Å². The molecule has 50 heavy (non-hydrogen) atoms. The van der Waals surface area contributed by atoms with E-state index in [0.717, 1.165) is 13.0 Å². The maximum Gasteiger partial charge on any atom is 0.142 e. The van der Waals surface area contributed by atoms with Crippen molar-refractivity contribution < 1.29 is 61.6 Å². The van der Waals surface area contributed by atoms with Gasteiger partial charge in [-0.05, 0) is 18.6 Å². The molecule has 0 saturated heterocycles. The van der Waals surface area contributed by atoms with Gasteiger partial charge in [0.1, 0.15) is 12.4 Å². The van der Waals surface area contributed by atoms with E-state index in [9.17, 15) is 0 Å². The maximum atomic E-state index is 5.82. The summed E-state index contributed by atoms with van der Waals surface area (Å²) in [6.07, 6.45) is 4.89. The summed E-state index contributed by atoms with van der Waals surface area (Å²) in [6, 6.07) is 7.38. The second-order valence-corrected chi connectivity index (χ2v) is 10.8. The average Bonchev–Trinajstić information content (AvgIpc) is 3.13. The van der Waals surface area contributed by atoms with Crippen molar-refractivity contribution in [3.05, 3.63) is 24.3 Å². The minimum absolute atomic E-state index is 0.438. The Morgan fingerprint density at radius 1 is 0.340 bits per heavy atom. The normalized spacial score (nSPS) is 11.5. The average molecular weight is 722 g/mol. The van der Waals surface area contributed by atoms with Crippen LogP contribution >= 0.6 is 0 Å². The highest BCUT2D eigenvalue weighted by Crippen LogP contribution is 2.19. The zero-order valence-electron chi connectivity index (χ0n) is 30.7. The number of anilines is 1. The Hall–Kier alpha value is -1.66. The van der Waals surface area contributed by atoms with Gasteiger partial charge in [0, 0.05) is 6.61 Å². The Balaban J connectivity index is 1.61. The summed E-state index contributed by atoms with van der Waals surface area (Å²) < 4.78 is 71.5. The highest BCUT2D eigenvalue weighted by atomic mass is 16.6. The Bertz CT molecular complexity index is 796. The van der Waals surface area contributed by atoms with E-state index in [1.165, 1.54) is 19.3 Å². The molecule has 1 rings (SSSR count). The lowest BCUT2D eigenvalue weighted by Gasteiger charge is -2.10. The molecule has 0 atom stereocenters. The van der Waals surface area contributed by atoms with Gasteiger partial charge in [-0.15, -0.1) is 0 Å². The van der Waals surface area contributed by atoms with Crippen molar-refractivity contribution in [2.45, 2.75) is 32.6 Å². The third kappa shape index (κ3) is 34.8. The lowest BCUT2D eigenvalue weighted by atomic mass is 10.2. The molecule has 0 unspecified atom stereocenters. The SMILES string of the molecule is CCCCCCOCCOCCOCCOCCOCCOCCOCCOCCOCCOCCOCCOCCOc1ccccc1N. The van der Waals surface area contributed by atoms with Crippen molar-refractivity contribution in [1.82, 2.24) is 0 Å². The molecular weight excluding hydrogens is 654 g/mol. The number of nitrogen functional groups attached to an aromatic ring is 1. The van der Waals surface area contributed by atoms with Crippen LogP contribution in [0.4, 0.5) is 5.69 Å². The molecule has 0 aliphatic carbocycles. The summed E-state index contributed by atoms with van der Waals surface area (Å²) in [4.78, 5) is 0. The Morgan fingerprint density at radius 3 is 0.920 bits per heavy atom. The standard InChI is InChI=1S/C36H67NO13/c1-2-3-4-7-10-38-11-12-39-13-14-40-15-16-41-17-18-42-19-20-43-21-22-44-23-24-45-25-26-46-27-28-47-29-30-48-31-32-49-33-34-50-36-9-6-5-8-35(36)37/h5-6,8-9H,2-4,7,10-34,37H2,1H3. The largest absolute Gasteiger partial charge is 0.489 e. The van der Waals surface area contributed by atoms with Gasteiger partial charge >= 0.3 is 0 Å². The van der Waals surface area contributed by atoms with Crippen LogP contribution in [0, 0.1) is 0 Å². The third-order valence-corrected chi connectivity index (χ3v) is 6.64. The van der Waals surface area contributed by atoms with Gasteiger partial charge in [-0.1, -0.05) is 38.3 Å². The zero-order chi connectivity index (χ0) is 35.7. The molecule has 14 nitrogen and oxygen atoms in total. The first-order chi connectivity index (χ1) is 24.8. The van der Waals surface area contributed by atoms with E-state index in [1.807, 2.05) is 18.2 Å². The van der Waals surface area contributed by atoms with Crippen molar-refractivity contribution in [1.29, 1.82) is 0 Å². The van der Waals surface area contributed by atoms with Crippen LogP contribution in [-0.2, 0) is 56.8 Å². The molecule has 0 amide bonds. The molecular formula is C36H67NO13. The Morgan fingerprint density at radius 2 is 0.620 bits per heavy atom. The van der Waals surface area contributed by atoms with Gasteiger partial charge in [0.25, 0.3) is 0 Å². The first-order valence-electron chi connectivity index (χ1n) is 18.2. The number of unbranched alkanes of at least 4 members (excludes halogenated alkanes) is 3. The van der Waals surface area contributed by atoms with Gasteiger partial charge in [-0.25, -0.2) is 0 Å². The van der Waals surface area contributed by atoms with Gasteiger partial charge in [0.05, 0.1) is 158 Å². The van der Waals surface area contributed by atoms with Gasteiger partial charge in [-0.3, -0.25) is 0 Å². The van der Waals surface area contributed by atoms with E-state index in [2.05, 4.69) is 6.92 Å². The van der Waals surface area contributed by atoms with E-state index in [0.29, 0.717) is 170 Å². The molecule has 14 heteroatoms. The predicted molar refractivity (Wildman–Crippen MR) is 190 cm³/mol. The van der Waals surface area contributed by atoms with Gasteiger partial charge in [-0.2, -0.15) is 0 Å². The summed E-state index contributed by atoms with van der Waals surface area (Å²) in [6.45, 7) is 15.5. The molecule has 0 heterocycles. The molecule has 1 aromatic carbocycles. The second kappa shape index (κ2) is 40.1. The lowest BCUT2D eigenvalue weighted by Crippen LogP contribution is -2.15. The molecule has 0 aliphatic heterocycles. The molecule has 2 N–H and O–H groups in total. The number of nitrogens with two attached hydrogens (primary N) is 1. The molecule has 0 aromatic heterocycles. The van der Waals surface area contributed by atoms with Crippen LogP contribution in [0.3, 0.4) is 0 Å². The molecule has 0 aliphatic rings. The number of para-hydroxylation sites is 2. The molecule has 294 valence electrons. The smallest absolute Gasteiger partial charge is 0.142 e. The Labute approximate surface area is 300 Å². The predicted octanol–water partition coefficient (Wildman–Crippen LogP) is 3.43. The summed E-state index contributed by atoms with van der Waals surface area (Å²) >= 11 is 0. The minimum Gasteiger partial charge on any atom is -0.489 e. The van der Waals surface area contributed by atoms with E-state index in [4.69, 9.17) is 67.3 Å². The van der Waals surface area contributed by atoms with Crippen molar-refractivity contribution in [2.24, 2.45) is 0 Å². The molecule has 0 bridgehead atoms. The van der Waals surface area contributed by atoms with E-state index < -0.39 is 0 Å². The third-order valence-electron chi connectivity index (χ3n) is 6.64. The van der Waals surface area contributed by atoms with E-state index in [-0.39, 0.29) is 0 Å². The first kappa shape index (κ1) is 46.4. The van der Waals surface area contributed by atoms with Crippen LogP contribution < -0.4 is 10.5 Å². The first-order valence-corrected chi connectivity index (χ1v) is 18.2. The van der Waals surface area contributed by atoms with E-state index in [1.54, 1.807) is 6.07 Å². The number of ether oxygens (including phenoxy) is 13. The molecule has 0 spiro atoms. The Kier molecular flexibility index (Phi) is 37.2. The second-order valence-electron chi connectivity index (χ2n) is 10.8. The molecule has 0 saturated carbocycles. The minimum atomic E-state index is 0.438. The maximum absolute atomic E-state index is 5.82. The summed E-state index contributed by atoms with van der Waals surface area (Å²) in [5.41, 5.74) is 6.44. The van der Waals surface area contributed by atoms with Gasteiger partial charge in [0.2, 0.25) is 0 Å². The van der Waals surface area contributed by atoms with Crippen LogP contribution in [0.15, 0.2) is 24.3 Å². The summed E-state index contributed by atoms with van der Waals surface area (Å²) in [7, 11) is 0. The van der Waals surface area contributed by atoms with Gasteiger partial charge in [0.15, 0.2) is 0 Å². The lowest BCUT2D eigenvalue weighted by molar-refractivity contribution is -0.0285. The van der Waals surface area contributed by atoms with Crippen LogP contribution in [0.1, 0.15) is 32.6 Å². The quantitative estimate of drug-likeness (QED) is 0.0777. The fourth-order valence-electron chi connectivity index (χ4n) is 3.97. The van der Waals surface area contributed by atoms with Crippen LogP contribution in [0.25, 0.3) is 0 Å². The van der Waals surface area contributed by atoms with Crippen molar-refractivity contribution in [2.75, 3.05) is 171 Å². The van der Waals surface area contributed by atoms with Crippen molar-refractivity contribution in [3.63, 3.8) is 0 Å². The van der Waals surface area contributed by atoms with Crippen molar-refractivity contribution in [3.8, 4) is 5.75 Å². The van der Waals surface area contributed by atoms with Crippen LogP contribution in [-0.4, -0.2) is 165 Å². The van der Waals surface area contributed by atoms with Crippen LogP contribution in [0.5, 0.6) is 5.75 Å². The fraction of sp³-hybridized carbons (Fsp3) is 0.833. The zero-order valence-corrected chi connectivity index (χ0v) is 30.7. The van der Waals surface area contributed by atoms with E-state index >= 15 is 0 Å². The summed E-state index contributed by atoms with van der Waals surface area (Å²) in [5.74, 6) is 0.669. The van der Waals surface area contributed by atoms with Crippen LogP contribution in [0.2, 0.25) is 0 Å². The van der Waals surface area contributed by atoms with Gasteiger partial charge < -0.3 is 67.3 Å². The molecule has 0 radical (unpaired) electrons. The number of rotatable bonds is 42. The highest BCUT2D eigenvalue weighted by molar-refractivity contribution is 5.51. The highest BCUT2D eigenvalue weighted by Gasteiger charge is 1.99. The number of hydrogen-bond donors (Lipinski definition) is 1. The van der Waals surface area contributed by atoms with Crippen molar-refractivity contribution >= 4 is 5.69 Å². The molecule has 0 fully saturated rings. The number of hydrogen-bond acceptors (Lipinski definition) is 14. The fourth-order valence-corrected chi connectivity index (χ4v) is 3.97.